The monoisotopic (exact) mass is 300 g/mol. The molecule has 5 heteroatoms. The molecule has 2 aromatic heterocycles. The van der Waals surface area contributed by atoms with E-state index in [1.54, 1.807) is 4.90 Å². The number of hydrogen-bond acceptors (Lipinski definition) is 3. The molecule has 0 aromatic carbocycles. The summed E-state index contributed by atoms with van der Waals surface area (Å²) in [5, 5.41) is 1.03. The van der Waals surface area contributed by atoms with Gasteiger partial charge in [-0.05, 0) is 51.1 Å². The van der Waals surface area contributed by atoms with Gasteiger partial charge in [0.15, 0.2) is 0 Å². The summed E-state index contributed by atoms with van der Waals surface area (Å²) in [6.45, 7) is 1.95. The third-order valence-corrected chi connectivity index (χ3v) is 4.69. The molecule has 1 N–H and O–H groups in total. The highest BCUT2D eigenvalue weighted by Gasteiger charge is 2.21. The number of aromatic nitrogens is 2. The lowest BCUT2D eigenvalue weighted by Gasteiger charge is -2.33. The summed E-state index contributed by atoms with van der Waals surface area (Å²) in [7, 11) is 4.05. The van der Waals surface area contributed by atoms with Gasteiger partial charge in [0, 0.05) is 31.2 Å². The van der Waals surface area contributed by atoms with Crippen LogP contribution in [0, 0.1) is 0 Å². The zero-order valence-electron chi connectivity index (χ0n) is 13.4. The van der Waals surface area contributed by atoms with E-state index in [4.69, 9.17) is 0 Å². The number of carbonyl (C=O) groups excluding carboxylic acids is 1. The second-order valence-corrected chi connectivity index (χ2v) is 6.26. The van der Waals surface area contributed by atoms with Crippen LogP contribution in [0.5, 0.6) is 0 Å². The molecule has 22 heavy (non-hydrogen) atoms. The Morgan fingerprint density at radius 3 is 3.09 bits per heavy atom. The number of carbonyl (C=O) groups is 1. The van der Waals surface area contributed by atoms with Crippen molar-refractivity contribution in [1.82, 2.24) is 19.8 Å². The van der Waals surface area contributed by atoms with Crippen LogP contribution in [-0.2, 0) is 0 Å². The molecule has 3 heterocycles. The molecule has 1 atom stereocenters. The van der Waals surface area contributed by atoms with Crippen molar-refractivity contribution in [2.24, 2.45) is 0 Å². The van der Waals surface area contributed by atoms with E-state index in [-0.39, 0.29) is 5.91 Å². The van der Waals surface area contributed by atoms with Crippen molar-refractivity contribution < 1.29 is 4.79 Å². The fraction of sp³-hybridized carbons (Fsp3) is 0.529. The van der Waals surface area contributed by atoms with E-state index in [0.717, 1.165) is 24.0 Å². The van der Waals surface area contributed by atoms with Crippen LogP contribution in [0.1, 0.15) is 36.2 Å². The molecule has 5 nitrogen and oxygen atoms in total. The number of H-pyrrole nitrogens is 1. The quantitative estimate of drug-likeness (QED) is 0.944. The Morgan fingerprint density at radius 1 is 1.41 bits per heavy atom. The Hall–Kier alpha value is -1.88. The summed E-state index contributed by atoms with van der Waals surface area (Å²) in [5.41, 5.74) is 1.28. The number of piperidine rings is 1. The normalized spacial score (nSPS) is 19.5. The topological polar surface area (TPSA) is 52.2 Å². The molecule has 0 aliphatic carbocycles. The number of likely N-dealkylation sites (tertiary alicyclic amines) is 1. The first-order chi connectivity index (χ1) is 10.6. The molecule has 0 spiro atoms. The molecular weight excluding hydrogens is 276 g/mol. The number of hydrogen-bond donors (Lipinski definition) is 1. The van der Waals surface area contributed by atoms with E-state index in [0.29, 0.717) is 11.7 Å². The van der Waals surface area contributed by atoms with Crippen LogP contribution < -0.4 is 0 Å². The summed E-state index contributed by atoms with van der Waals surface area (Å²) in [4.78, 5) is 24.2. The third kappa shape index (κ3) is 3.14. The van der Waals surface area contributed by atoms with E-state index in [9.17, 15) is 4.79 Å². The lowest BCUT2D eigenvalue weighted by molar-refractivity contribution is 0.0765. The zero-order valence-corrected chi connectivity index (χ0v) is 13.4. The van der Waals surface area contributed by atoms with Gasteiger partial charge in [0.1, 0.15) is 11.3 Å². The van der Waals surface area contributed by atoms with Gasteiger partial charge in [0.2, 0.25) is 0 Å². The molecule has 3 rings (SSSR count). The number of nitrogens with one attached hydrogen (secondary N) is 1. The van der Waals surface area contributed by atoms with Crippen molar-refractivity contribution in [3.63, 3.8) is 0 Å². The van der Waals surface area contributed by atoms with E-state index in [2.05, 4.69) is 21.9 Å². The van der Waals surface area contributed by atoms with Gasteiger partial charge in [-0.2, -0.15) is 0 Å². The van der Waals surface area contributed by atoms with Crippen molar-refractivity contribution in [1.29, 1.82) is 0 Å². The zero-order chi connectivity index (χ0) is 15.5. The van der Waals surface area contributed by atoms with E-state index in [1.807, 2.05) is 31.4 Å². The Balaban J connectivity index is 1.61. The SMILES string of the molecule is CN(CCC1CCCCN1C)C(=O)c1ccc2cc[nH]c2n1. The third-order valence-electron chi connectivity index (χ3n) is 4.69. The fourth-order valence-electron chi connectivity index (χ4n) is 3.20. The average molecular weight is 300 g/mol. The van der Waals surface area contributed by atoms with Crippen LogP contribution in [0.15, 0.2) is 24.4 Å². The second kappa shape index (κ2) is 6.48. The molecular formula is C17H24N4O. The van der Waals surface area contributed by atoms with Crippen LogP contribution in [0.25, 0.3) is 11.0 Å². The van der Waals surface area contributed by atoms with E-state index < -0.39 is 0 Å². The smallest absolute Gasteiger partial charge is 0.272 e. The average Bonchev–Trinajstić information content (AvgIpc) is 3.00. The van der Waals surface area contributed by atoms with Crippen LogP contribution in [0.2, 0.25) is 0 Å². The van der Waals surface area contributed by atoms with Crippen molar-refractivity contribution in [3.8, 4) is 0 Å². The molecule has 1 unspecified atom stereocenters. The lowest BCUT2D eigenvalue weighted by atomic mass is 10.00. The Morgan fingerprint density at radius 2 is 2.27 bits per heavy atom. The molecule has 0 saturated carbocycles. The van der Waals surface area contributed by atoms with Crippen LogP contribution in [-0.4, -0.2) is 58.9 Å². The molecule has 0 bridgehead atoms. The molecule has 2 aromatic rings. The van der Waals surface area contributed by atoms with Crippen molar-refractivity contribution >= 4 is 16.9 Å². The van der Waals surface area contributed by atoms with Gasteiger partial charge in [-0.25, -0.2) is 4.98 Å². The Kier molecular flexibility index (Phi) is 4.43. The predicted octanol–water partition coefficient (Wildman–Crippen LogP) is 2.51. The summed E-state index contributed by atoms with van der Waals surface area (Å²) < 4.78 is 0. The van der Waals surface area contributed by atoms with Crippen molar-refractivity contribution in [3.05, 3.63) is 30.1 Å². The van der Waals surface area contributed by atoms with Crippen molar-refractivity contribution in [2.45, 2.75) is 31.7 Å². The lowest BCUT2D eigenvalue weighted by Crippen LogP contribution is -2.39. The van der Waals surface area contributed by atoms with E-state index >= 15 is 0 Å². The van der Waals surface area contributed by atoms with Crippen LogP contribution in [0.4, 0.5) is 0 Å². The van der Waals surface area contributed by atoms with Gasteiger partial charge >= 0.3 is 0 Å². The maximum atomic E-state index is 12.5. The Labute approximate surface area is 131 Å². The number of pyridine rings is 1. The first-order valence-electron chi connectivity index (χ1n) is 8.05. The van der Waals surface area contributed by atoms with Gasteiger partial charge in [0.05, 0.1) is 0 Å². The van der Waals surface area contributed by atoms with Crippen LogP contribution >= 0.6 is 0 Å². The largest absolute Gasteiger partial charge is 0.346 e. The standard InChI is InChI=1S/C17H24N4O/c1-20-11-4-3-5-14(20)9-12-21(2)17(22)15-7-6-13-8-10-18-16(13)19-15/h6-8,10,14H,3-5,9,11-12H2,1-2H3,(H,18,19). The predicted molar refractivity (Wildman–Crippen MR) is 87.9 cm³/mol. The maximum absolute atomic E-state index is 12.5. The molecule has 1 amide bonds. The van der Waals surface area contributed by atoms with Gasteiger partial charge in [-0.1, -0.05) is 6.42 Å². The minimum atomic E-state index is -0.00466. The number of nitrogens with zero attached hydrogens (tertiary/aromatic N) is 3. The summed E-state index contributed by atoms with van der Waals surface area (Å²) in [6, 6.07) is 6.30. The number of amides is 1. The summed E-state index contributed by atoms with van der Waals surface area (Å²) in [5.74, 6) is -0.00466. The second-order valence-electron chi connectivity index (χ2n) is 6.26. The maximum Gasteiger partial charge on any atom is 0.272 e. The fourth-order valence-corrected chi connectivity index (χ4v) is 3.20. The highest BCUT2D eigenvalue weighted by atomic mass is 16.2. The molecule has 0 radical (unpaired) electrons. The number of aromatic amines is 1. The van der Waals surface area contributed by atoms with Gasteiger partial charge in [-0.3, -0.25) is 4.79 Å². The minimum Gasteiger partial charge on any atom is -0.346 e. The van der Waals surface area contributed by atoms with Gasteiger partial charge in [0.25, 0.3) is 5.91 Å². The summed E-state index contributed by atoms with van der Waals surface area (Å²) >= 11 is 0. The highest BCUT2D eigenvalue weighted by Crippen LogP contribution is 2.18. The van der Waals surface area contributed by atoms with Crippen molar-refractivity contribution in [2.75, 3.05) is 27.2 Å². The number of fused-ring (bicyclic) bond motifs is 1. The van der Waals surface area contributed by atoms with Crippen LogP contribution in [0.3, 0.4) is 0 Å². The highest BCUT2D eigenvalue weighted by molar-refractivity contribution is 5.94. The molecule has 1 aliphatic heterocycles. The minimum absolute atomic E-state index is 0.00466. The molecule has 1 saturated heterocycles. The van der Waals surface area contributed by atoms with E-state index in [1.165, 1.54) is 25.8 Å². The Bertz CT molecular complexity index is 651. The first kappa shape index (κ1) is 15.0. The van der Waals surface area contributed by atoms with Gasteiger partial charge in [-0.15, -0.1) is 0 Å². The molecule has 118 valence electrons. The summed E-state index contributed by atoms with van der Waals surface area (Å²) in [6.07, 6.45) is 6.71. The molecule has 1 fully saturated rings. The number of rotatable bonds is 4. The van der Waals surface area contributed by atoms with Gasteiger partial charge < -0.3 is 14.8 Å². The first-order valence-corrected chi connectivity index (χ1v) is 8.05. The molecule has 1 aliphatic rings.